The van der Waals surface area contributed by atoms with Crippen molar-refractivity contribution in [2.45, 2.75) is 0 Å². The molecule has 132 valence electrons. The molecule has 0 saturated heterocycles. The maximum absolute atomic E-state index is 9.33. The molecular formula is C19H17N3O4. The first-order chi connectivity index (χ1) is 12.6. The van der Waals surface area contributed by atoms with Crippen LogP contribution in [0, 0.1) is 11.3 Å². The third kappa shape index (κ3) is 2.89. The zero-order chi connectivity index (χ0) is 18.7. The van der Waals surface area contributed by atoms with Gasteiger partial charge in [0, 0.05) is 5.56 Å². The van der Waals surface area contributed by atoms with Gasteiger partial charge in [0.1, 0.15) is 17.6 Å². The molecule has 2 N–H and O–H groups in total. The molecule has 0 unspecified atom stereocenters. The Morgan fingerprint density at radius 2 is 1.77 bits per heavy atom. The van der Waals surface area contributed by atoms with Crippen molar-refractivity contribution in [3.05, 3.63) is 42.2 Å². The van der Waals surface area contributed by atoms with Crippen LogP contribution < -0.4 is 19.9 Å². The van der Waals surface area contributed by atoms with Crippen LogP contribution in [-0.4, -0.2) is 26.3 Å². The molecule has 0 atom stereocenters. The van der Waals surface area contributed by atoms with E-state index in [1.54, 1.807) is 36.6 Å². The number of furan rings is 1. The molecule has 0 aliphatic rings. The molecule has 7 nitrogen and oxygen atoms in total. The summed E-state index contributed by atoms with van der Waals surface area (Å²) in [5.74, 6) is 2.12. The first-order valence-corrected chi connectivity index (χ1v) is 7.67. The molecular weight excluding hydrogens is 334 g/mol. The summed E-state index contributed by atoms with van der Waals surface area (Å²) in [4.78, 5) is 4.36. The van der Waals surface area contributed by atoms with Crippen molar-refractivity contribution in [3.63, 3.8) is 0 Å². The van der Waals surface area contributed by atoms with Gasteiger partial charge in [-0.15, -0.1) is 0 Å². The Kier molecular flexibility index (Phi) is 4.67. The number of benzene rings is 1. The van der Waals surface area contributed by atoms with Crippen LogP contribution in [-0.2, 0) is 0 Å². The van der Waals surface area contributed by atoms with Gasteiger partial charge in [-0.3, -0.25) is 0 Å². The lowest BCUT2D eigenvalue weighted by molar-refractivity contribution is 0.324. The van der Waals surface area contributed by atoms with Gasteiger partial charge in [0.05, 0.1) is 33.2 Å². The van der Waals surface area contributed by atoms with Gasteiger partial charge in [-0.05, 0) is 35.9 Å². The van der Waals surface area contributed by atoms with Gasteiger partial charge < -0.3 is 24.4 Å². The lowest BCUT2D eigenvalue weighted by Gasteiger charge is -2.16. The number of methoxy groups -OCH3 is 3. The number of hydrogen-bond donors (Lipinski definition) is 1. The highest BCUT2D eigenvalue weighted by Gasteiger charge is 2.20. The molecule has 0 saturated carbocycles. The number of anilines is 1. The summed E-state index contributed by atoms with van der Waals surface area (Å²) in [6, 6.07) is 10.8. The Morgan fingerprint density at radius 1 is 1.08 bits per heavy atom. The SMILES string of the molecule is COc1cc(-c2cc(C#N)c(N)nc2-c2ccco2)cc(OC)c1OC. The minimum absolute atomic E-state index is 0.134. The normalized spacial score (nSPS) is 10.2. The molecule has 0 spiro atoms. The van der Waals surface area contributed by atoms with Gasteiger partial charge in [0.15, 0.2) is 17.3 Å². The zero-order valence-electron chi connectivity index (χ0n) is 14.6. The van der Waals surface area contributed by atoms with Crippen molar-refractivity contribution in [2.75, 3.05) is 27.1 Å². The molecule has 3 aromatic rings. The fraction of sp³-hybridized carbons (Fsp3) is 0.158. The fourth-order valence-corrected chi connectivity index (χ4v) is 2.67. The number of ether oxygens (including phenoxy) is 3. The van der Waals surface area contributed by atoms with Crippen molar-refractivity contribution < 1.29 is 18.6 Å². The van der Waals surface area contributed by atoms with E-state index >= 15 is 0 Å². The second-order valence-electron chi connectivity index (χ2n) is 5.32. The monoisotopic (exact) mass is 351 g/mol. The molecule has 0 amide bonds. The average Bonchev–Trinajstić information content (AvgIpc) is 3.21. The van der Waals surface area contributed by atoms with Crippen LogP contribution in [0.2, 0.25) is 0 Å². The molecule has 26 heavy (non-hydrogen) atoms. The average molecular weight is 351 g/mol. The molecule has 2 heterocycles. The highest BCUT2D eigenvalue weighted by atomic mass is 16.5. The molecule has 2 aromatic heterocycles. The number of nitrogens with zero attached hydrogens (tertiary/aromatic N) is 2. The molecule has 0 aliphatic heterocycles. The van der Waals surface area contributed by atoms with E-state index in [1.165, 1.54) is 21.3 Å². The summed E-state index contributed by atoms with van der Waals surface area (Å²) < 4.78 is 21.7. The third-order valence-electron chi connectivity index (χ3n) is 3.90. The van der Waals surface area contributed by atoms with E-state index in [0.29, 0.717) is 34.3 Å². The number of nitrogen functional groups attached to an aromatic ring is 1. The molecule has 7 heteroatoms. The van der Waals surface area contributed by atoms with E-state index in [-0.39, 0.29) is 11.4 Å². The number of aromatic nitrogens is 1. The predicted molar refractivity (Wildman–Crippen MR) is 96.2 cm³/mol. The summed E-state index contributed by atoms with van der Waals surface area (Å²) >= 11 is 0. The zero-order valence-corrected chi connectivity index (χ0v) is 14.6. The van der Waals surface area contributed by atoms with Gasteiger partial charge in [0.2, 0.25) is 5.75 Å². The molecule has 0 bridgehead atoms. The number of nitriles is 1. The van der Waals surface area contributed by atoms with Gasteiger partial charge in [-0.1, -0.05) is 0 Å². The largest absolute Gasteiger partial charge is 0.493 e. The van der Waals surface area contributed by atoms with Crippen molar-refractivity contribution in [2.24, 2.45) is 0 Å². The molecule has 1 aromatic carbocycles. The summed E-state index contributed by atoms with van der Waals surface area (Å²) in [6.45, 7) is 0. The minimum Gasteiger partial charge on any atom is -0.493 e. The van der Waals surface area contributed by atoms with E-state index in [1.807, 2.05) is 0 Å². The number of pyridine rings is 1. The fourth-order valence-electron chi connectivity index (χ4n) is 2.67. The van der Waals surface area contributed by atoms with E-state index in [9.17, 15) is 5.26 Å². The highest BCUT2D eigenvalue weighted by Crippen LogP contribution is 2.43. The lowest BCUT2D eigenvalue weighted by atomic mass is 9.99. The Bertz CT molecular complexity index is 950. The first kappa shape index (κ1) is 17.2. The van der Waals surface area contributed by atoms with Crippen molar-refractivity contribution in [1.29, 1.82) is 5.26 Å². The smallest absolute Gasteiger partial charge is 0.203 e. The van der Waals surface area contributed by atoms with Crippen LogP contribution in [0.5, 0.6) is 17.2 Å². The van der Waals surface area contributed by atoms with Crippen molar-refractivity contribution in [3.8, 4) is 45.9 Å². The Balaban J connectivity index is 2.31. The van der Waals surface area contributed by atoms with E-state index in [4.69, 9.17) is 24.4 Å². The summed E-state index contributed by atoms with van der Waals surface area (Å²) in [7, 11) is 4.61. The van der Waals surface area contributed by atoms with Crippen molar-refractivity contribution >= 4 is 5.82 Å². The molecule has 0 fully saturated rings. The van der Waals surface area contributed by atoms with Crippen LogP contribution in [0.4, 0.5) is 5.82 Å². The summed E-state index contributed by atoms with van der Waals surface area (Å²) in [5.41, 5.74) is 8.06. The second-order valence-corrected chi connectivity index (χ2v) is 5.32. The van der Waals surface area contributed by atoms with Crippen LogP contribution in [0.1, 0.15) is 5.56 Å². The minimum atomic E-state index is 0.134. The second kappa shape index (κ2) is 7.07. The lowest BCUT2D eigenvalue weighted by Crippen LogP contribution is -2.00. The van der Waals surface area contributed by atoms with Gasteiger partial charge in [-0.25, -0.2) is 4.98 Å². The van der Waals surface area contributed by atoms with E-state index < -0.39 is 0 Å². The van der Waals surface area contributed by atoms with E-state index in [2.05, 4.69) is 11.1 Å². The molecule has 0 aliphatic carbocycles. The highest BCUT2D eigenvalue weighted by molar-refractivity contribution is 5.83. The standard InChI is InChI=1S/C19H17N3O4/c1-23-15-8-11(9-16(24-2)18(15)25-3)13-7-12(10-20)19(21)22-17(13)14-5-4-6-26-14/h4-9H,1-3H3,(H2,21,22). The molecule has 0 radical (unpaired) electrons. The number of rotatable bonds is 5. The van der Waals surface area contributed by atoms with Crippen LogP contribution in [0.3, 0.4) is 0 Å². The van der Waals surface area contributed by atoms with Crippen LogP contribution in [0.25, 0.3) is 22.6 Å². The Hall–Kier alpha value is -3.66. The maximum atomic E-state index is 9.33. The van der Waals surface area contributed by atoms with Gasteiger partial charge in [-0.2, -0.15) is 5.26 Å². The summed E-state index contributed by atoms with van der Waals surface area (Å²) in [6.07, 6.45) is 1.55. The van der Waals surface area contributed by atoms with Crippen LogP contribution in [0.15, 0.2) is 41.0 Å². The molecule has 3 rings (SSSR count). The maximum Gasteiger partial charge on any atom is 0.203 e. The number of hydrogen-bond acceptors (Lipinski definition) is 7. The number of nitrogens with two attached hydrogens (primary N) is 1. The van der Waals surface area contributed by atoms with E-state index in [0.717, 1.165) is 5.56 Å². The first-order valence-electron chi connectivity index (χ1n) is 7.67. The Morgan fingerprint density at radius 3 is 2.27 bits per heavy atom. The quantitative estimate of drug-likeness (QED) is 0.750. The van der Waals surface area contributed by atoms with Crippen molar-refractivity contribution in [1.82, 2.24) is 4.98 Å². The summed E-state index contributed by atoms with van der Waals surface area (Å²) in [5, 5.41) is 9.33. The van der Waals surface area contributed by atoms with Gasteiger partial charge in [0.25, 0.3) is 0 Å². The predicted octanol–water partition coefficient (Wildman–Crippen LogP) is 3.49. The van der Waals surface area contributed by atoms with Gasteiger partial charge >= 0.3 is 0 Å². The van der Waals surface area contributed by atoms with Crippen LogP contribution >= 0.6 is 0 Å². The third-order valence-corrected chi connectivity index (χ3v) is 3.90. The Labute approximate surface area is 150 Å². The topological polar surface area (TPSA) is 104 Å².